The molecule has 0 heterocycles. The van der Waals surface area contributed by atoms with Gasteiger partial charge in [-0.3, -0.25) is 0 Å². The monoisotopic (exact) mass is 467 g/mol. The first kappa shape index (κ1) is 27.0. The third-order valence-corrected chi connectivity index (χ3v) is 3.47. The van der Waals surface area contributed by atoms with Crippen molar-refractivity contribution in [1.29, 1.82) is 0 Å². The van der Waals surface area contributed by atoms with Crippen LogP contribution in [0.1, 0.15) is 31.1 Å². The van der Waals surface area contributed by atoms with Gasteiger partial charge in [-0.25, -0.2) is 14.4 Å². The maximum absolute atomic E-state index is 10.3. The zero-order chi connectivity index (χ0) is 22.7. The summed E-state index contributed by atoms with van der Waals surface area (Å²) < 4.78 is 0. The molecule has 164 valence electrons. The summed E-state index contributed by atoms with van der Waals surface area (Å²) in [4.78, 5) is 30.8. The van der Waals surface area contributed by atoms with E-state index >= 15 is 0 Å². The summed E-state index contributed by atoms with van der Waals surface area (Å²) >= 11 is 0. The van der Waals surface area contributed by atoms with Crippen molar-refractivity contribution < 1.29 is 46.8 Å². The molecule has 3 rings (SSSR count). The number of nitrogen functional groups attached to an aromatic ring is 3. The van der Waals surface area contributed by atoms with E-state index < -0.39 is 17.9 Å². The Morgan fingerprint density at radius 1 is 0.452 bits per heavy atom. The molecule has 0 fully saturated rings. The van der Waals surface area contributed by atoms with Gasteiger partial charge in [0, 0.05) is 34.1 Å². The number of benzene rings is 3. The number of hydrogen-bond donors (Lipinski definition) is 6. The van der Waals surface area contributed by atoms with Crippen molar-refractivity contribution in [2.75, 3.05) is 17.2 Å². The van der Waals surface area contributed by atoms with Crippen molar-refractivity contribution in [1.82, 2.24) is 0 Å². The number of hydrogen-bond acceptors (Lipinski definition) is 6. The topological polar surface area (TPSA) is 190 Å². The molecule has 31 heavy (non-hydrogen) atoms. The van der Waals surface area contributed by atoms with Crippen molar-refractivity contribution in [3.63, 3.8) is 0 Å². The van der Waals surface area contributed by atoms with Crippen molar-refractivity contribution >= 4 is 35.0 Å². The fourth-order valence-corrected chi connectivity index (χ4v) is 1.88. The number of aromatic carboxylic acids is 3. The summed E-state index contributed by atoms with van der Waals surface area (Å²) in [6, 6.07) is 18.2. The summed E-state index contributed by atoms with van der Waals surface area (Å²) in [6.07, 6.45) is 0. The van der Waals surface area contributed by atoms with E-state index in [4.69, 9.17) is 32.5 Å². The molecule has 9 nitrogen and oxygen atoms in total. The average molecular weight is 467 g/mol. The predicted octanol–water partition coefficient (Wildman–Crippen LogP) is 2.90. The first-order valence-electron chi connectivity index (χ1n) is 8.36. The molecular weight excluding hydrogens is 446 g/mol. The molecule has 10 heteroatoms. The van der Waals surface area contributed by atoms with Gasteiger partial charge >= 0.3 is 17.9 Å². The fourth-order valence-electron chi connectivity index (χ4n) is 1.88. The molecule has 0 aliphatic rings. The summed E-state index contributed by atoms with van der Waals surface area (Å²) in [5, 5.41) is 25.3. The van der Waals surface area contributed by atoms with E-state index in [0.717, 1.165) is 0 Å². The van der Waals surface area contributed by atoms with Crippen molar-refractivity contribution in [2.24, 2.45) is 0 Å². The van der Waals surface area contributed by atoms with Crippen LogP contribution in [0.25, 0.3) is 0 Å². The maximum Gasteiger partial charge on any atom is 0.335 e. The third kappa shape index (κ3) is 10.4. The second kappa shape index (κ2) is 13.3. The van der Waals surface area contributed by atoms with Crippen LogP contribution in [0.2, 0.25) is 0 Å². The molecule has 0 atom stereocenters. The number of nitrogens with two attached hydrogens (primary N) is 3. The zero-order valence-corrected chi connectivity index (χ0v) is 17.2. The molecule has 0 spiro atoms. The van der Waals surface area contributed by atoms with E-state index in [0.29, 0.717) is 17.1 Å². The Kier molecular flexibility index (Phi) is 11.5. The summed E-state index contributed by atoms with van der Waals surface area (Å²) in [7, 11) is 0. The molecule has 0 aliphatic carbocycles. The fraction of sp³-hybridized carbons (Fsp3) is 0. The zero-order valence-electron chi connectivity index (χ0n) is 16.1. The quantitative estimate of drug-likeness (QED) is 0.248. The number of carboxylic acids is 3. The van der Waals surface area contributed by atoms with Gasteiger partial charge in [-0.2, -0.15) is 0 Å². The molecule has 0 bridgehead atoms. The normalized spacial score (nSPS) is 8.90. The second-order valence-corrected chi connectivity index (χ2v) is 5.78. The van der Waals surface area contributed by atoms with Gasteiger partial charge in [0.2, 0.25) is 0 Å². The maximum atomic E-state index is 10.3. The van der Waals surface area contributed by atoms with E-state index in [9.17, 15) is 14.4 Å². The van der Waals surface area contributed by atoms with E-state index in [1.165, 1.54) is 36.4 Å². The molecule has 0 saturated carbocycles. The number of carbonyl (C=O) groups is 3. The van der Waals surface area contributed by atoms with Crippen LogP contribution in [-0.4, -0.2) is 33.2 Å². The van der Waals surface area contributed by atoms with E-state index in [1.54, 1.807) is 36.4 Å². The first-order chi connectivity index (χ1) is 14.1. The summed E-state index contributed by atoms with van der Waals surface area (Å²) in [5.74, 6) is -2.79. The van der Waals surface area contributed by atoms with Gasteiger partial charge in [0.25, 0.3) is 0 Å². The Morgan fingerprint density at radius 2 is 0.613 bits per heavy atom. The molecular formula is C21H21FeN3O6. The number of anilines is 3. The van der Waals surface area contributed by atoms with Gasteiger partial charge < -0.3 is 32.5 Å². The van der Waals surface area contributed by atoms with Crippen LogP contribution in [-0.2, 0) is 17.1 Å². The van der Waals surface area contributed by atoms with Crippen molar-refractivity contribution in [3.05, 3.63) is 89.5 Å². The number of rotatable bonds is 3. The van der Waals surface area contributed by atoms with Gasteiger partial charge in [-0.05, 0) is 72.8 Å². The van der Waals surface area contributed by atoms with Crippen LogP contribution in [0.5, 0.6) is 0 Å². The molecule has 3 aromatic rings. The first-order valence-corrected chi connectivity index (χ1v) is 8.36. The van der Waals surface area contributed by atoms with Crippen LogP contribution >= 0.6 is 0 Å². The van der Waals surface area contributed by atoms with Gasteiger partial charge in [-0.15, -0.1) is 0 Å². The Morgan fingerprint density at radius 3 is 0.742 bits per heavy atom. The average Bonchev–Trinajstić information content (AvgIpc) is 2.70. The largest absolute Gasteiger partial charge is 0.478 e. The van der Waals surface area contributed by atoms with Gasteiger partial charge in [0.15, 0.2) is 0 Å². The molecule has 0 aromatic heterocycles. The third-order valence-electron chi connectivity index (χ3n) is 3.47. The number of carboxylic acid groups (broad SMARTS) is 3. The van der Waals surface area contributed by atoms with Crippen molar-refractivity contribution in [2.45, 2.75) is 0 Å². The van der Waals surface area contributed by atoms with E-state index in [1.807, 2.05) is 0 Å². The predicted molar refractivity (Wildman–Crippen MR) is 113 cm³/mol. The summed E-state index contributed by atoms with van der Waals surface area (Å²) in [6.45, 7) is 0. The molecule has 0 saturated heterocycles. The molecule has 0 amide bonds. The van der Waals surface area contributed by atoms with Crippen LogP contribution in [0.4, 0.5) is 17.1 Å². The minimum atomic E-state index is -0.931. The Bertz CT molecular complexity index is 859. The van der Waals surface area contributed by atoms with Gasteiger partial charge in [0.05, 0.1) is 16.7 Å². The molecule has 0 unspecified atom stereocenters. The molecule has 9 N–H and O–H groups in total. The van der Waals surface area contributed by atoms with Crippen LogP contribution in [0, 0.1) is 0 Å². The van der Waals surface area contributed by atoms with Crippen molar-refractivity contribution in [3.8, 4) is 0 Å². The van der Waals surface area contributed by atoms with Gasteiger partial charge in [-0.1, -0.05) is 0 Å². The van der Waals surface area contributed by atoms with Crippen LogP contribution < -0.4 is 17.2 Å². The standard InChI is InChI=1S/3C7H7NO2.Fe/c3*8-6-3-1-5(2-4-6)7(9)10;/h3*1-4H,8H2,(H,9,10);. The summed E-state index contributed by atoms with van der Waals surface area (Å²) in [5.41, 5.74) is 18.5. The van der Waals surface area contributed by atoms with Crippen LogP contribution in [0.15, 0.2) is 72.8 Å². The Balaban J connectivity index is 0.000000429. The van der Waals surface area contributed by atoms with Crippen LogP contribution in [0.3, 0.4) is 0 Å². The molecule has 0 aliphatic heterocycles. The van der Waals surface area contributed by atoms with E-state index in [2.05, 4.69) is 0 Å². The SMILES string of the molecule is Nc1ccc(C(=O)O)cc1.Nc1ccc(C(=O)O)cc1.Nc1ccc(C(=O)O)cc1.[Fe]. The van der Waals surface area contributed by atoms with Gasteiger partial charge in [0.1, 0.15) is 0 Å². The molecule has 0 radical (unpaired) electrons. The molecule has 3 aromatic carbocycles. The second-order valence-electron chi connectivity index (χ2n) is 5.78. The minimum absolute atomic E-state index is 0. The Labute approximate surface area is 188 Å². The minimum Gasteiger partial charge on any atom is -0.478 e. The smallest absolute Gasteiger partial charge is 0.335 e. The van der Waals surface area contributed by atoms with E-state index in [-0.39, 0.29) is 33.8 Å². The Hall–Kier alpha value is -4.01.